The second-order valence-corrected chi connectivity index (χ2v) is 5.03. The van der Waals surface area contributed by atoms with E-state index >= 15 is 0 Å². The lowest BCUT2D eigenvalue weighted by atomic mass is 10.1. The standard InChI is InChI=1S/C19H19NO/c1-3-5-12-20-17(4-2)14-10-11-16-15-8-6-7-9-18(15)21-19(16)13-14/h5-13H,3-4H2,1-2H3/b12-5+,20-17?. The summed E-state index contributed by atoms with van der Waals surface area (Å²) in [7, 11) is 0. The van der Waals surface area contributed by atoms with Gasteiger partial charge in [-0.25, -0.2) is 0 Å². The van der Waals surface area contributed by atoms with E-state index in [1.54, 1.807) is 0 Å². The van der Waals surface area contributed by atoms with Gasteiger partial charge in [0, 0.05) is 22.7 Å². The molecule has 0 amide bonds. The highest BCUT2D eigenvalue weighted by Gasteiger charge is 2.08. The zero-order valence-corrected chi connectivity index (χ0v) is 12.5. The van der Waals surface area contributed by atoms with Crippen LogP contribution in [0.15, 0.2) is 64.2 Å². The third-order valence-corrected chi connectivity index (χ3v) is 3.62. The topological polar surface area (TPSA) is 25.5 Å². The Balaban J connectivity index is 2.10. The van der Waals surface area contributed by atoms with Crippen LogP contribution in [0.3, 0.4) is 0 Å². The number of aliphatic imine (C=N–C) groups is 1. The molecule has 1 aromatic heterocycles. The van der Waals surface area contributed by atoms with E-state index in [0.29, 0.717) is 0 Å². The lowest BCUT2D eigenvalue weighted by Crippen LogP contribution is -1.97. The monoisotopic (exact) mass is 277 g/mol. The van der Waals surface area contributed by atoms with Gasteiger partial charge in [-0.1, -0.05) is 44.2 Å². The highest BCUT2D eigenvalue weighted by molar-refractivity contribution is 6.08. The van der Waals surface area contributed by atoms with Crippen molar-refractivity contribution in [3.05, 3.63) is 60.3 Å². The smallest absolute Gasteiger partial charge is 0.136 e. The van der Waals surface area contributed by atoms with Crippen LogP contribution in [-0.4, -0.2) is 5.71 Å². The minimum atomic E-state index is 0.903. The largest absolute Gasteiger partial charge is 0.456 e. The van der Waals surface area contributed by atoms with E-state index in [1.165, 1.54) is 5.39 Å². The Morgan fingerprint density at radius 3 is 2.67 bits per heavy atom. The SMILES string of the molecule is CC/C=C/N=C(CC)c1ccc2c(c1)oc1ccccc12. The van der Waals surface area contributed by atoms with Crippen molar-refractivity contribution in [3.8, 4) is 0 Å². The van der Waals surface area contributed by atoms with E-state index in [0.717, 1.165) is 40.7 Å². The summed E-state index contributed by atoms with van der Waals surface area (Å²) in [6.07, 6.45) is 5.86. The molecular formula is C19H19NO. The van der Waals surface area contributed by atoms with Crippen molar-refractivity contribution in [1.82, 2.24) is 0 Å². The molecule has 0 radical (unpaired) electrons. The first-order chi connectivity index (χ1) is 10.3. The Kier molecular flexibility index (Phi) is 3.87. The van der Waals surface area contributed by atoms with Crippen LogP contribution in [0.1, 0.15) is 32.3 Å². The predicted octanol–water partition coefficient (Wildman–Crippen LogP) is 5.71. The van der Waals surface area contributed by atoms with Gasteiger partial charge >= 0.3 is 0 Å². The van der Waals surface area contributed by atoms with E-state index in [2.05, 4.69) is 49.2 Å². The van der Waals surface area contributed by atoms with Crippen LogP contribution < -0.4 is 0 Å². The average Bonchev–Trinajstić information content (AvgIpc) is 2.89. The second kappa shape index (κ2) is 5.96. The molecule has 0 bridgehead atoms. The summed E-state index contributed by atoms with van der Waals surface area (Å²) < 4.78 is 5.94. The van der Waals surface area contributed by atoms with Crippen molar-refractivity contribution in [2.75, 3.05) is 0 Å². The van der Waals surface area contributed by atoms with Gasteiger partial charge in [0.2, 0.25) is 0 Å². The maximum Gasteiger partial charge on any atom is 0.136 e. The van der Waals surface area contributed by atoms with Gasteiger partial charge in [-0.2, -0.15) is 0 Å². The van der Waals surface area contributed by atoms with Crippen LogP contribution >= 0.6 is 0 Å². The van der Waals surface area contributed by atoms with Crippen LogP contribution in [0, 0.1) is 0 Å². The molecule has 0 aliphatic carbocycles. The van der Waals surface area contributed by atoms with Crippen LogP contribution in [0.2, 0.25) is 0 Å². The molecule has 0 saturated carbocycles. The molecule has 0 saturated heterocycles. The summed E-state index contributed by atoms with van der Waals surface area (Å²) in [5, 5.41) is 2.33. The number of para-hydroxylation sites is 1. The molecule has 0 spiro atoms. The number of nitrogens with zero attached hydrogens (tertiary/aromatic N) is 1. The van der Waals surface area contributed by atoms with E-state index in [4.69, 9.17) is 4.42 Å². The summed E-state index contributed by atoms with van der Waals surface area (Å²) >= 11 is 0. The molecule has 2 heteroatoms. The number of benzene rings is 2. The lowest BCUT2D eigenvalue weighted by molar-refractivity contribution is 0.669. The van der Waals surface area contributed by atoms with Gasteiger partial charge in [0.05, 0.1) is 0 Å². The van der Waals surface area contributed by atoms with E-state index in [-0.39, 0.29) is 0 Å². The molecule has 0 atom stereocenters. The summed E-state index contributed by atoms with van der Waals surface area (Å²) in [5.41, 5.74) is 4.08. The minimum absolute atomic E-state index is 0.903. The van der Waals surface area contributed by atoms with Crippen molar-refractivity contribution in [3.63, 3.8) is 0 Å². The third kappa shape index (κ3) is 2.62. The fourth-order valence-corrected chi connectivity index (χ4v) is 2.52. The van der Waals surface area contributed by atoms with Crippen LogP contribution in [0.5, 0.6) is 0 Å². The Labute approximate surface area is 124 Å². The summed E-state index contributed by atoms with van der Waals surface area (Å²) in [4.78, 5) is 4.56. The maximum absolute atomic E-state index is 5.94. The van der Waals surface area contributed by atoms with E-state index < -0.39 is 0 Å². The molecule has 0 fully saturated rings. The van der Waals surface area contributed by atoms with Gasteiger partial charge in [-0.15, -0.1) is 0 Å². The normalized spacial score (nSPS) is 12.8. The van der Waals surface area contributed by atoms with Gasteiger partial charge < -0.3 is 4.42 Å². The Morgan fingerprint density at radius 1 is 1.05 bits per heavy atom. The molecule has 21 heavy (non-hydrogen) atoms. The lowest BCUT2D eigenvalue weighted by Gasteiger charge is -2.02. The van der Waals surface area contributed by atoms with Gasteiger partial charge in [0.1, 0.15) is 11.2 Å². The molecule has 2 nitrogen and oxygen atoms in total. The van der Waals surface area contributed by atoms with Crippen LogP contribution in [0.4, 0.5) is 0 Å². The molecule has 0 N–H and O–H groups in total. The molecule has 3 rings (SSSR count). The second-order valence-electron chi connectivity index (χ2n) is 5.03. The highest BCUT2D eigenvalue weighted by atomic mass is 16.3. The van der Waals surface area contributed by atoms with Crippen molar-refractivity contribution in [1.29, 1.82) is 0 Å². The number of hydrogen-bond acceptors (Lipinski definition) is 2. The zero-order valence-electron chi connectivity index (χ0n) is 12.5. The first-order valence-corrected chi connectivity index (χ1v) is 7.46. The third-order valence-electron chi connectivity index (χ3n) is 3.62. The maximum atomic E-state index is 5.94. The molecule has 0 unspecified atom stereocenters. The summed E-state index contributed by atoms with van der Waals surface area (Å²) in [6.45, 7) is 4.24. The quantitative estimate of drug-likeness (QED) is 0.561. The molecule has 106 valence electrons. The molecule has 0 aliphatic rings. The first kappa shape index (κ1) is 13.6. The van der Waals surface area contributed by atoms with Crippen molar-refractivity contribution < 1.29 is 4.42 Å². The minimum Gasteiger partial charge on any atom is -0.456 e. The molecule has 2 aromatic carbocycles. The number of allylic oxidation sites excluding steroid dienone is 1. The predicted molar refractivity (Wildman–Crippen MR) is 90.0 cm³/mol. The van der Waals surface area contributed by atoms with Gasteiger partial charge in [-0.3, -0.25) is 4.99 Å². The van der Waals surface area contributed by atoms with Crippen LogP contribution in [0.25, 0.3) is 21.9 Å². The number of furan rings is 1. The number of fused-ring (bicyclic) bond motifs is 3. The molecule has 3 aromatic rings. The highest BCUT2D eigenvalue weighted by Crippen LogP contribution is 2.29. The number of rotatable bonds is 4. The fraction of sp³-hybridized carbons (Fsp3) is 0.211. The van der Waals surface area contributed by atoms with Crippen molar-refractivity contribution in [2.24, 2.45) is 4.99 Å². The van der Waals surface area contributed by atoms with Crippen molar-refractivity contribution >= 4 is 27.7 Å². The number of hydrogen-bond donors (Lipinski definition) is 0. The van der Waals surface area contributed by atoms with E-state index in [9.17, 15) is 0 Å². The average molecular weight is 277 g/mol. The van der Waals surface area contributed by atoms with Gasteiger partial charge in [-0.05, 0) is 36.6 Å². The van der Waals surface area contributed by atoms with Crippen molar-refractivity contribution in [2.45, 2.75) is 26.7 Å². The van der Waals surface area contributed by atoms with E-state index in [1.807, 2.05) is 24.4 Å². The van der Waals surface area contributed by atoms with Gasteiger partial charge in [0.25, 0.3) is 0 Å². The molecule has 1 heterocycles. The molecule has 0 aliphatic heterocycles. The Bertz CT molecular complexity index is 824. The molecular weight excluding hydrogens is 258 g/mol. The Morgan fingerprint density at radius 2 is 1.86 bits per heavy atom. The summed E-state index contributed by atoms with van der Waals surface area (Å²) in [5.74, 6) is 0. The zero-order chi connectivity index (χ0) is 14.7. The Hall–Kier alpha value is -2.35. The fourth-order valence-electron chi connectivity index (χ4n) is 2.52. The first-order valence-electron chi connectivity index (χ1n) is 7.46. The summed E-state index contributed by atoms with van der Waals surface area (Å²) in [6, 6.07) is 14.5. The van der Waals surface area contributed by atoms with Gasteiger partial charge in [0.15, 0.2) is 0 Å². The van der Waals surface area contributed by atoms with Crippen LogP contribution in [-0.2, 0) is 0 Å².